The number of ether oxygens (including phenoxy) is 2. The third-order valence-corrected chi connectivity index (χ3v) is 3.78. The van der Waals surface area contributed by atoms with E-state index < -0.39 is 0 Å². The van der Waals surface area contributed by atoms with E-state index in [2.05, 4.69) is 35.3 Å². The fraction of sp³-hybridized carbons (Fsp3) is 0.429. The molecule has 0 atom stereocenters. The number of amides is 1. The molecule has 1 amide bonds. The summed E-state index contributed by atoms with van der Waals surface area (Å²) in [5, 5.41) is 0. The molecule has 0 N–H and O–H groups in total. The summed E-state index contributed by atoms with van der Waals surface area (Å²) in [5.74, 6) is 0. The Hall–Kier alpha value is -2.40. The maximum Gasteiger partial charge on any atom is 0.409 e. The van der Waals surface area contributed by atoms with Crippen molar-refractivity contribution in [3.8, 4) is 11.1 Å². The van der Waals surface area contributed by atoms with E-state index in [0.717, 1.165) is 19.6 Å². The number of rotatable bonds is 1. The van der Waals surface area contributed by atoms with Gasteiger partial charge in [-0.3, -0.25) is 4.98 Å². The second kappa shape index (κ2) is 8.81. The van der Waals surface area contributed by atoms with Crippen molar-refractivity contribution in [1.29, 1.82) is 0 Å². The summed E-state index contributed by atoms with van der Waals surface area (Å²) >= 11 is 0. The van der Waals surface area contributed by atoms with E-state index in [0.29, 0.717) is 0 Å². The first-order valence-electron chi connectivity index (χ1n) is 8.77. The number of pyridine rings is 1. The molecule has 0 aliphatic carbocycles. The Balaban J connectivity index is 0.000000213. The van der Waals surface area contributed by atoms with Crippen LogP contribution in [-0.4, -0.2) is 42.3 Å². The number of carbonyl (C=O) groups excluding carboxylic acids is 1. The van der Waals surface area contributed by atoms with Crippen LogP contribution < -0.4 is 0 Å². The van der Waals surface area contributed by atoms with E-state index in [9.17, 15) is 4.79 Å². The highest BCUT2D eigenvalue weighted by Crippen LogP contribution is 2.28. The maximum absolute atomic E-state index is 10.9. The highest BCUT2D eigenvalue weighted by Gasteiger charge is 2.17. The van der Waals surface area contributed by atoms with Crippen LogP contribution in [0.5, 0.6) is 0 Å². The van der Waals surface area contributed by atoms with Gasteiger partial charge in [0, 0.05) is 26.5 Å². The van der Waals surface area contributed by atoms with Crippen molar-refractivity contribution in [2.24, 2.45) is 0 Å². The zero-order chi connectivity index (χ0) is 19.2. The molecule has 1 aromatic heterocycles. The van der Waals surface area contributed by atoms with Gasteiger partial charge >= 0.3 is 6.09 Å². The second-order valence-corrected chi connectivity index (χ2v) is 7.36. The summed E-state index contributed by atoms with van der Waals surface area (Å²) < 4.78 is 10.5. The van der Waals surface area contributed by atoms with Crippen LogP contribution >= 0.6 is 0 Å². The van der Waals surface area contributed by atoms with Crippen LogP contribution in [0, 0.1) is 0 Å². The van der Waals surface area contributed by atoms with Gasteiger partial charge in [-0.25, -0.2) is 4.79 Å². The third kappa shape index (κ3) is 5.85. The quantitative estimate of drug-likeness (QED) is 0.764. The fourth-order valence-electron chi connectivity index (χ4n) is 2.58. The first kappa shape index (κ1) is 19.9. The van der Waals surface area contributed by atoms with Gasteiger partial charge in [0.1, 0.15) is 5.60 Å². The van der Waals surface area contributed by atoms with Gasteiger partial charge in [0.25, 0.3) is 0 Å². The van der Waals surface area contributed by atoms with Gasteiger partial charge in [0.2, 0.25) is 0 Å². The highest BCUT2D eigenvalue weighted by atomic mass is 16.6. The van der Waals surface area contributed by atoms with Crippen LogP contribution in [0.1, 0.15) is 31.9 Å². The fourth-order valence-corrected chi connectivity index (χ4v) is 2.58. The molecule has 0 fully saturated rings. The average molecular weight is 356 g/mol. The van der Waals surface area contributed by atoms with Crippen LogP contribution in [0.2, 0.25) is 0 Å². The van der Waals surface area contributed by atoms with Gasteiger partial charge in [0.15, 0.2) is 0 Å². The molecule has 1 aliphatic heterocycles. The highest BCUT2D eigenvalue weighted by molar-refractivity contribution is 5.68. The monoisotopic (exact) mass is 356 g/mol. The molecule has 1 aliphatic rings. The molecule has 140 valence electrons. The predicted octanol–water partition coefficient (Wildman–Crippen LogP) is 4.30. The first-order valence-corrected chi connectivity index (χ1v) is 8.77. The molecule has 5 heteroatoms. The largest absolute Gasteiger partial charge is 0.444 e. The molecule has 0 radical (unpaired) electrons. The number of hydrogen-bond donors (Lipinski definition) is 0. The molecule has 0 bridgehead atoms. The van der Waals surface area contributed by atoms with Crippen molar-refractivity contribution in [2.75, 3.05) is 20.7 Å². The number of carbonyl (C=O) groups is 1. The standard InChI is InChI=1S/C14H13NO.C7H15NO2/c1-2-12-10-16-9-6-14(12)13(3-1)11-4-7-15-8-5-11;1-7(2,3)10-6(9)8(4)5/h1-5,7-8H,6,9-10H2;1-5H3. The Kier molecular flexibility index (Phi) is 6.75. The minimum Gasteiger partial charge on any atom is -0.444 e. The van der Waals surface area contributed by atoms with Crippen molar-refractivity contribution < 1.29 is 14.3 Å². The van der Waals surface area contributed by atoms with Gasteiger partial charge in [0.05, 0.1) is 13.2 Å². The normalized spacial score (nSPS) is 13.1. The van der Waals surface area contributed by atoms with Gasteiger partial charge < -0.3 is 14.4 Å². The zero-order valence-corrected chi connectivity index (χ0v) is 16.3. The molecular formula is C21H28N2O3. The molecule has 2 heterocycles. The summed E-state index contributed by atoms with van der Waals surface area (Å²) in [6, 6.07) is 10.6. The average Bonchev–Trinajstić information content (AvgIpc) is 2.61. The molecule has 1 aromatic carbocycles. The summed E-state index contributed by atoms with van der Waals surface area (Å²) in [5.41, 5.74) is 4.93. The van der Waals surface area contributed by atoms with Crippen LogP contribution in [0.4, 0.5) is 4.79 Å². The van der Waals surface area contributed by atoms with Crippen molar-refractivity contribution in [2.45, 2.75) is 39.4 Å². The van der Waals surface area contributed by atoms with Crippen LogP contribution in [0.15, 0.2) is 42.7 Å². The number of nitrogens with zero attached hydrogens (tertiary/aromatic N) is 2. The molecule has 0 unspecified atom stereocenters. The molecule has 2 aromatic rings. The second-order valence-electron chi connectivity index (χ2n) is 7.36. The van der Waals surface area contributed by atoms with E-state index in [-0.39, 0.29) is 11.7 Å². The maximum atomic E-state index is 10.9. The summed E-state index contributed by atoms with van der Waals surface area (Å²) in [4.78, 5) is 16.3. The Morgan fingerprint density at radius 2 is 1.85 bits per heavy atom. The molecule has 5 nitrogen and oxygen atoms in total. The van der Waals surface area contributed by atoms with Gasteiger partial charge in [-0.1, -0.05) is 18.2 Å². The lowest BCUT2D eigenvalue weighted by atomic mass is 9.93. The lowest BCUT2D eigenvalue weighted by Crippen LogP contribution is -2.31. The van der Waals surface area contributed by atoms with Crippen molar-refractivity contribution in [3.05, 3.63) is 53.9 Å². The van der Waals surface area contributed by atoms with Crippen LogP contribution in [0.3, 0.4) is 0 Å². The molecule has 0 saturated heterocycles. The van der Waals surface area contributed by atoms with Gasteiger partial charge in [-0.15, -0.1) is 0 Å². The van der Waals surface area contributed by atoms with E-state index in [1.807, 2.05) is 33.2 Å². The lowest BCUT2D eigenvalue weighted by molar-refractivity contribution is 0.0341. The summed E-state index contributed by atoms with van der Waals surface area (Å²) in [6.45, 7) is 7.10. The number of fused-ring (bicyclic) bond motifs is 1. The van der Waals surface area contributed by atoms with Crippen molar-refractivity contribution >= 4 is 6.09 Å². The van der Waals surface area contributed by atoms with Crippen LogP contribution in [0.25, 0.3) is 11.1 Å². The predicted molar refractivity (Wildman–Crippen MR) is 103 cm³/mol. The lowest BCUT2D eigenvalue weighted by Gasteiger charge is -2.22. The topological polar surface area (TPSA) is 51.7 Å². The van der Waals surface area contributed by atoms with E-state index >= 15 is 0 Å². The minimum absolute atomic E-state index is 0.299. The summed E-state index contributed by atoms with van der Waals surface area (Å²) in [7, 11) is 3.32. The number of benzene rings is 1. The van der Waals surface area contributed by atoms with Gasteiger partial charge in [-0.2, -0.15) is 0 Å². The third-order valence-electron chi connectivity index (χ3n) is 3.78. The number of aromatic nitrogens is 1. The van der Waals surface area contributed by atoms with E-state index in [4.69, 9.17) is 9.47 Å². The molecule has 26 heavy (non-hydrogen) atoms. The van der Waals surface area contributed by atoms with Crippen LogP contribution in [-0.2, 0) is 22.5 Å². The minimum atomic E-state index is -0.388. The first-order chi connectivity index (χ1) is 12.3. The van der Waals surface area contributed by atoms with E-state index in [1.165, 1.54) is 27.2 Å². The van der Waals surface area contributed by atoms with E-state index in [1.54, 1.807) is 14.1 Å². The summed E-state index contributed by atoms with van der Waals surface area (Å²) in [6.07, 6.45) is 4.39. The Labute approximate surface area is 156 Å². The Morgan fingerprint density at radius 3 is 2.42 bits per heavy atom. The molecular weight excluding hydrogens is 328 g/mol. The number of hydrogen-bond acceptors (Lipinski definition) is 4. The Morgan fingerprint density at radius 1 is 1.15 bits per heavy atom. The SMILES string of the molecule is CN(C)C(=O)OC(C)(C)C.c1cc2c(c(-c3ccncc3)c1)CCOC2. The van der Waals surface area contributed by atoms with Crippen molar-refractivity contribution in [1.82, 2.24) is 9.88 Å². The zero-order valence-electron chi connectivity index (χ0n) is 16.3. The van der Waals surface area contributed by atoms with Crippen molar-refractivity contribution in [3.63, 3.8) is 0 Å². The van der Waals surface area contributed by atoms with Gasteiger partial charge in [-0.05, 0) is 61.6 Å². The molecule has 0 saturated carbocycles. The smallest absolute Gasteiger partial charge is 0.409 e. The Bertz CT molecular complexity index is 722. The molecule has 3 rings (SSSR count). The molecule has 0 spiro atoms.